The van der Waals surface area contributed by atoms with Gasteiger partial charge in [0.2, 0.25) is 5.91 Å². The molecule has 1 heterocycles. The summed E-state index contributed by atoms with van der Waals surface area (Å²) >= 11 is 0. The van der Waals surface area contributed by atoms with Crippen LogP contribution in [-0.4, -0.2) is 36.1 Å². The van der Waals surface area contributed by atoms with Crippen LogP contribution in [0.25, 0.3) is 0 Å². The van der Waals surface area contributed by atoms with Gasteiger partial charge in [0.15, 0.2) is 0 Å². The first kappa shape index (κ1) is 38.1. The first-order chi connectivity index (χ1) is 23.5. The first-order valence-corrected chi connectivity index (χ1v) is 20.7. The zero-order valence-corrected chi connectivity index (χ0v) is 32.2. The van der Waals surface area contributed by atoms with E-state index in [1.54, 1.807) is 0 Å². The number of hydrogen-bond donors (Lipinski definition) is 2. The molecule has 4 aliphatic carbocycles. The number of carbonyl (C=O) groups is 2. The van der Waals surface area contributed by atoms with E-state index in [9.17, 15) is 9.59 Å². The number of unbranched alkanes of at least 4 members (excludes halogenated alkanes) is 1. The largest absolute Gasteiger partial charge is 0.462 e. The SMILES string of the molecule is CCCc1cc(NCCCCNC(=O)CCC(=O)OC2CCC3(C)C(CCC4[C@@H]3CCC3(C)[C@@H]([C@H](C)CCCC(C)C)CC[C@@H]43)C2)ccn1. The number of carbonyl (C=O) groups excluding carboxylic acids is 2. The molecule has 4 saturated carbocycles. The molecular formula is C43H71N3O3. The lowest BCUT2D eigenvalue weighted by Gasteiger charge is -2.61. The van der Waals surface area contributed by atoms with Crippen molar-refractivity contribution in [2.24, 2.45) is 52.3 Å². The van der Waals surface area contributed by atoms with Gasteiger partial charge in [-0.2, -0.15) is 0 Å². The molecule has 0 saturated heterocycles. The molecule has 0 aromatic carbocycles. The van der Waals surface area contributed by atoms with Gasteiger partial charge in [0, 0.05) is 37.1 Å². The Bertz CT molecular complexity index is 1220. The van der Waals surface area contributed by atoms with E-state index in [0.717, 1.165) is 92.0 Å². The average Bonchev–Trinajstić information content (AvgIpc) is 3.43. The lowest BCUT2D eigenvalue weighted by Crippen LogP contribution is -2.54. The number of esters is 1. The molecule has 0 aliphatic heterocycles. The van der Waals surface area contributed by atoms with Crippen molar-refractivity contribution in [1.29, 1.82) is 0 Å². The summed E-state index contributed by atoms with van der Waals surface area (Å²) in [5.74, 6) is 5.63. The van der Waals surface area contributed by atoms with E-state index in [1.807, 2.05) is 12.3 Å². The molecule has 0 radical (unpaired) electrons. The zero-order valence-electron chi connectivity index (χ0n) is 32.2. The Kier molecular flexibility index (Phi) is 13.5. The van der Waals surface area contributed by atoms with Crippen molar-refractivity contribution in [3.63, 3.8) is 0 Å². The molecule has 6 heteroatoms. The van der Waals surface area contributed by atoms with Gasteiger partial charge in [-0.1, -0.05) is 67.2 Å². The van der Waals surface area contributed by atoms with Gasteiger partial charge in [0.25, 0.3) is 0 Å². The molecule has 1 aromatic rings. The summed E-state index contributed by atoms with van der Waals surface area (Å²) in [6, 6.07) is 4.12. The van der Waals surface area contributed by atoms with Crippen LogP contribution in [0.2, 0.25) is 0 Å². The molecule has 5 unspecified atom stereocenters. The molecule has 1 aromatic heterocycles. The fraction of sp³-hybridized carbons (Fsp3) is 0.837. The monoisotopic (exact) mass is 678 g/mol. The Balaban J connectivity index is 0.991. The molecule has 0 bridgehead atoms. The number of amides is 1. The molecule has 0 spiro atoms. The third-order valence-electron chi connectivity index (χ3n) is 14.3. The van der Waals surface area contributed by atoms with Crippen molar-refractivity contribution in [2.75, 3.05) is 18.4 Å². The van der Waals surface area contributed by atoms with Crippen molar-refractivity contribution in [3.8, 4) is 0 Å². The second-order valence-corrected chi connectivity index (χ2v) is 17.8. The lowest BCUT2D eigenvalue weighted by molar-refractivity contribution is -0.163. The summed E-state index contributed by atoms with van der Waals surface area (Å²) in [5.41, 5.74) is 3.15. The summed E-state index contributed by atoms with van der Waals surface area (Å²) in [6.07, 6.45) is 22.0. The minimum atomic E-state index is -0.200. The van der Waals surface area contributed by atoms with Gasteiger partial charge in [0.1, 0.15) is 6.10 Å². The highest BCUT2D eigenvalue weighted by atomic mass is 16.5. The number of fused-ring (bicyclic) bond motifs is 5. The molecule has 6 nitrogen and oxygen atoms in total. The van der Waals surface area contributed by atoms with Crippen LogP contribution < -0.4 is 10.6 Å². The number of hydrogen-bond acceptors (Lipinski definition) is 5. The maximum absolute atomic E-state index is 12.8. The molecule has 276 valence electrons. The summed E-state index contributed by atoms with van der Waals surface area (Å²) in [5, 5.41) is 6.44. The molecule has 2 N–H and O–H groups in total. The van der Waals surface area contributed by atoms with E-state index in [4.69, 9.17) is 4.74 Å². The smallest absolute Gasteiger partial charge is 0.306 e. The van der Waals surface area contributed by atoms with Crippen LogP contribution in [0.3, 0.4) is 0 Å². The molecule has 49 heavy (non-hydrogen) atoms. The van der Waals surface area contributed by atoms with Crippen LogP contribution >= 0.6 is 0 Å². The lowest BCUT2D eigenvalue weighted by atomic mass is 9.44. The Labute approximate surface area is 299 Å². The summed E-state index contributed by atoms with van der Waals surface area (Å²) in [6.45, 7) is 16.3. The highest BCUT2D eigenvalue weighted by molar-refractivity contribution is 5.81. The number of nitrogens with one attached hydrogen (secondary N) is 2. The standard InChI is InChI=1S/C43H71N3O3/c1-7-11-33-29-34(22-27-45-33)44-25-8-9-26-46-40(47)18-19-41(48)49-35-20-23-42(5)32(28-35)14-15-36-38-17-16-37(31(4)13-10-12-30(2)3)43(38,6)24-21-39(36)42/h22,27,29-32,35-39H,7-21,23-26,28H2,1-6H3,(H,44,45)(H,46,47)/t31-,32?,35?,36?,37-,38+,39+,42?,43?/m1/s1. The number of aromatic nitrogens is 1. The van der Waals surface area contributed by atoms with E-state index in [2.05, 4.69) is 63.2 Å². The highest BCUT2D eigenvalue weighted by Crippen LogP contribution is 2.68. The Morgan fingerprint density at radius 3 is 2.49 bits per heavy atom. The number of ether oxygens (including phenoxy) is 1. The number of anilines is 1. The Morgan fingerprint density at radius 2 is 1.69 bits per heavy atom. The average molecular weight is 678 g/mol. The third kappa shape index (κ3) is 9.42. The van der Waals surface area contributed by atoms with Gasteiger partial charge in [-0.15, -0.1) is 0 Å². The minimum absolute atomic E-state index is 0.0209. The number of pyridine rings is 1. The van der Waals surface area contributed by atoms with Crippen LogP contribution in [0.4, 0.5) is 5.69 Å². The molecule has 4 fully saturated rings. The van der Waals surface area contributed by atoms with E-state index in [0.29, 0.717) is 23.3 Å². The van der Waals surface area contributed by atoms with Crippen LogP contribution in [-0.2, 0) is 20.7 Å². The first-order valence-electron chi connectivity index (χ1n) is 20.7. The minimum Gasteiger partial charge on any atom is -0.462 e. The number of nitrogens with zero attached hydrogens (tertiary/aromatic N) is 1. The maximum Gasteiger partial charge on any atom is 0.306 e. The molecular weight excluding hydrogens is 606 g/mol. The van der Waals surface area contributed by atoms with Gasteiger partial charge >= 0.3 is 5.97 Å². The quantitative estimate of drug-likeness (QED) is 0.127. The molecule has 5 rings (SSSR count). The summed E-state index contributed by atoms with van der Waals surface area (Å²) < 4.78 is 6.04. The van der Waals surface area contributed by atoms with Crippen molar-refractivity contribution in [2.45, 2.75) is 163 Å². The van der Waals surface area contributed by atoms with Gasteiger partial charge in [-0.25, -0.2) is 0 Å². The normalized spacial score (nSPS) is 32.9. The zero-order chi connectivity index (χ0) is 35.0. The van der Waals surface area contributed by atoms with Crippen LogP contribution in [0.1, 0.15) is 156 Å². The van der Waals surface area contributed by atoms with E-state index in [1.165, 1.54) is 64.2 Å². The van der Waals surface area contributed by atoms with Crippen molar-refractivity contribution in [1.82, 2.24) is 10.3 Å². The maximum atomic E-state index is 12.8. The van der Waals surface area contributed by atoms with Gasteiger partial charge in [-0.05, 0) is 141 Å². The Hall–Kier alpha value is -2.11. The van der Waals surface area contributed by atoms with E-state index < -0.39 is 0 Å². The van der Waals surface area contributed by atoms with Gasteiger partial charge in [0.05, 0.1) is 6.42 Å². The van der Waals surface area contributed by atoms with E-state index >= 15 is 0 Å². The summed E-state index contributed by atoms with van der Waals surface area (Å²) in [4.78, 5) is 29.7. The highest BCUT2D eigenvalue weighted by Gasteiger charge is 2.60. The Morgan fingerprint density at radius 1 is 0.918 bits per heavy atom. The van der Waals surface area contributed by atoms with Gasteiger partial charge < -0.3 is 15.4 Å². The number of aryl methyl sites for hydroxylation is 1. The van der Waals surface area contributed by atoms with Crippen LogP contribution in [0, 0.1) is 52.3 Å². The second kappa shape index (κ2) is 17.4. The number of rotatable bonds is 17. The van der Waals surface area contributed by atoms with Crippen LogP contribution in [0.5, 0.6) is 0 Å². The van der Waals surface area contributed by atoms with Crippen molar-refractivity contribution >= 4 is 17.6 Å². The van der Waals surface area contributed by atoms with Crippen LogP contribution in [0.15, 0.2) is 18.3 Å². The topological polar surface area (TPSA) is 80.3 Å². The predicted octanol–water partition coefficient (Wildman–Crippen LogP) is 10.2. The molecule has 9 atom stereocenters. The van der Waals surface area contributed by atoms with Crippen molar-refractivity contribution in [3.05, 3.63) is 24.0 Å². The van der Waals surface area contributed by atoms with E-state index in [-0.39, 0.29) is 30.8 Å². The fourth-order valence-electron chi connectivity index (χ4n) is 11.6. The summed E-state index contributed by atoms with van der Waals surface area (Å²) in [7, 11) is 0. The molecule has 1 amide bonds. The second-order valence-electron chi connectivity index (χ2n) is 17.8. The third-order valence-corrected chi connectivity index (χ3v) is 14.3. The predicted molar refractivity (Wildman–Crippen MR) is 201 cm³/mol. The van der Waals surface area contributed by atoms with Crippen molar-refractivity contribution < 1.29 is 14.3 Å². The molecule has 4 aliphatic rings. The van der Waals surface area contributed by atoms with Gasteiger partial charge in [-0.3, -0.25) is 14.6 Å². The fourth-order valence-corrected chi connectivity index (χ4v) is 11.6.